The second-order valence-electron chi connectivity index (χ2n) is 12.4. The molecule has 0 radical (unpaired) electrons. The van der Waals surface area contributed by atoms with Crippen LogP contribution < -0.4 is 30.3 Å². The van der Waals surface area contributed by atoms with E-state index in [2.05, 4.69) is 26.0 Å². The molecule has 0 spiro atoms. The third kappa shape index (κ3) is 9.63. The summed E-state index contributed by atoms with van der Waals surface area (Å²) in [6.07, 6.45) is 3.34. The van der Waals surface area contributed by atoms with Crippen molar-refractivity contribution in [2.75, 3.05) is 30.5 Å². The van der Waals surface area contributed by atoms with Crippen molar-refractivity contribution < 1.29 is 22.8 Å². The second-order valence-corrected chi connectivity index (χ2v) is 14.1. The fourth-order valence-electron chi connectivity index (χ4n) is 5.49. The van der Waals surface area contributed by atoms with Gasteiger partial charge in [-0.2, -0.15) is 13.1 Å². The Morgan fingerprint density at radius 2 is 1.53 bits per heavy atom. The fourth-order valence-corrected chi connectivity index (χ4v) is 6.80. The van der Waals surface area contributed by atoms with E-state index in [1.54, 1.807) is 6.92 Å². The Morgan fingerprint density at radius 3 is 2.17 bits per heavy atom. The van der Waals surface area contributed by atoms with E-state index >= 15 is 0 Å². The van der Waals surface area contributed by atoms with Gasteiger partial charge in [-0.1, -0.05) is 60.7 Å². The molecule has 3 aromatic carbocycles. The van der Waals surface area contributed by atoms with Crippen LogP contribution in [0.1, 0.15) is 71.0 Å². The first-order chi connectivity index (χ1) is 22.6. The van der Waals surface area contributed by atoms with Crippen molar-refractivity contribution in [3.05, 3.63) is 101 Å². The van der Waals surface area contributed by atoms with Crippen molar-refractivity contribution in [1.82, 2.24) is 26.0 Å². The van der Waals surface area contributed by atoms with Crippen molar-refractivity contribution in [1.29, 1.82) is 0 Å². The maximum absolute atomic E-state index is 13.9. The number of benzene rings is 3. The molecule has 1 saturated carbocycles. The number of rotatable bonds is 14. The van der Waals surface area contributed by atoms with E-state index in [0.29, 0.717) is 38.4 Å². The van der Waals surface area contributed by atoms with E-state index in [0.717, 1.165) is 24.0 Å². The number of amides is 3. The lowest BCUT2D eigenvalue weighted by atomic mass is 10.0. The molecule has 1 aliphatic carbocycles. The molecule has 1 heterocycles. The van der Waals surface area contributed by atoms with Crippen LogP contribution in [0.15, 0.2) is 78.9 Å². The molecular formula is C35H44N6O5S. The van der Waals surface area contributed by atoms with Crippen LogP contribution in [0.3, 0.4) is 0 Å². The van der Waals surface area contributed by atoms with Gasteiger partial charge in [-0.25, -0.2) is 0 Å². The molecule has 3 amide bonds. The molecule has 1 aliphatic heterocycles. The predicted molar refractivity (Wildman–Crippen MR) is 182 cm³/mol. The molecule has 5 rings (SSSR count). The highest BCUT2D eigenvalue weighted by molar-refractivity contribution is 7.90. The quantitative estimate of drug-likeness (QED) is 0.180. The van der Waals surface area contributed by atoms with Crippen molar-refractivity contribution in [2.24, 2.45) is 5.92 Å². The Kier molecular flexibility index (Phi) is 11.3. The van der Waals surface area contributed by atoms with Crippen molar-refractivity contribution in [2.45, 2.75) is 57.7 Å². The van der Waals surface area contributed by atoms with Crippen LogP contribution in [0.5, 0.6) is 0 Å². The SMILES string of the molecule is C[C@H](NC[C@H](Cc1ccccc1)NC(=O)c1cc(C(=O)N[C@H](C)c2ccccc2)cc(N2CCCNS2(=O)=O)c1)C(=O)NCC1CC1. The standard InChI is InChI=1S/C35H44N6O5S/c1-24(28-12-7-4-8-13-28)39-34(43)29-19-30(21-32(20-29)41-17-9-16-38-47(41,45)46)35(44)40-31(18-26-10-5-3-6-11-26)23-36-25(2)33(42)37-22-27-14-15-27/h3-8,10-13,19-21,24-25,27,31,36,38H,9,14-18,22-23H2,1-2H3,(H,37,42)(H,39,43)(H,40,44)/t24-,25+,31+/m1/s1. The summed E-state index contributed by atoms with van der Waals surface area (Å²) in [5, 5.41) is 12.3. The summed E-state index contributed by atoms with van der Waals surface area (Å²) in [5.41, 5.74) is 2.44. The van der Waals surface area contributed by atoms with E-state index in [1.807, 2.05) is 67.6 Å². The minimum Gasteiger partial charge on any atom is -0.354 e. The highest BCUT2D eigenvalue weighted by atomic mass is 32.2. The Labute approximate surface area is 277 Å². The molecule has 3 atom stereocenters. The summed E-state index contributed by atoms with van der Waals surface area (Å²) in [7, 11) is -3.85. The van der Waals surface area contributed by atoms with E-state index in [9.17, 15) is 22.8 Å². The number of anilines is 1. The van der Waals surface area contributed by atoms with Gasteiger partial charge in [-0.05, 0) is 74.8 Å². The maximum Gasteiger partial charge on any atom is 0.301 e. The van der Waals surface area contributed by atoms with Crippen molar-refractivity contribution >= 4 is 33.6 Å². The topological polar surface area (TPSA) is 149 Å². The molecule has 0 aromatic heterocycles. The summed E-state index contributed by atoms with van der Waals surface area (Å²) >= 11 is 0. The number of hydrogen-bond donors (Lipinski definition) is 5. The molecule has 0 unspecified atom stereocenters. The molecule has 2 fully saturated rings. The van der Waals surface area contributed by atoms with Gasteiger partial charge < -0.3 is 21.3 Å². The first-order valence-corrected chi connectivity index (χ1v) is 17.7. The minimum atomic E-state index is -3.85. The van der Waals surface area contributed by atoms with Gasteiger partial charge in [0.2, 0.25) is 5.91 Å². The molecule has 12 heteroatoms. The highest BCUT2D eigenvalue weighted by Gasteiger charge is 2.28. The summed E-state index contributed by atoms with van der Waals surface area (Å²) in [5.74, 6) is -0.427. The highest BCUT2D eigenvalue weighted by Crippen LogP contribution is 2.27. The number of carbonyl (C=O) groups excluding carboxylic acids is 3. The predicted octanol–water partition coefficient (Wildman–Crippen LogP) is 3.07. The largest absolute Gasteiger partial charge is 0.354 e. The zero-order valence-electron chi connectivity index (χ0n) is 26.9. The van der Waals surface area contributed by atoms with E-state index in [4.69, 9.17) is 0 Å². The number of hydrogen-bond acceptors (Lipinski definition) is 6. The monoisotopic (exact) mass is 660 g/mol. The fraction of sp³-hybridized carbons (Fsp3) is 0.400. The van der Waals surface area contributed by atoms with E-state index in [-0.39, 0.29) is 35.3 Å². The molecule has 47 heavy (non-hydrogen) atoms. The van der Waals surface area contributed by atoms with E-state index < -0.39 is 34.1 Å². The number of nitrogens with one attached hydrogen (secondary N) is 5. The van der Waals surface area contributed by atoms with Gasteiger partial charge in [-0.3, -0.25) is 18.7 Å². The summed E-state index contributed by atoms with van der Waals surface area (Å²) in [6, 6.07) is 22.5. The third-order valence-electron chi connectivity index (χ3n) is 8.48. The lowest BCUT2D eigenvalue weighted by Crippen LogP contribution is -2.50. The first-order valence-electron chi connectivity index (χ1n) is 16.2. The lowest BCUT2D eigenvalue weighted by molar-refractivity contribution is -0.122. The Bertz CT molecular complexity index is 1650. The molecule has 1 saturated heterocycles. The molecule has 11 nitrogen and oxygen atoms in total. The summed E-state index contributed by atoms with van der Waals surface area (Å²) in [4.78, 5) is 40.1. The smallest absolute Gasteiger partial charge is 0.301 e. The van der Waals surface area contributed by atoms with Crippen LogP contribution >= 0.6 is 0 Å². The van der Waals surface area contributed by atoms with Crippen molar-refractivity contribution in [3.8, 4) is 0 Å². The van der Waals surface area contributed by atoms with Crippen LogP contribution in [0, 0.1) is 5.92 Å². The van der Waals surface area contributed by atoms with Gasteiger partial charge in [0.1, 0.15) is 0 Å². The van der Waals surface area contributed by atoms with Crippen LogP contribution in [0.2, 0.25) is 0 Å². The normalized spacial score (nSPS) is 17.6. The molecule has 5 N–H and O–H groups in total. The summed E-state index contributed by atoms with van der Waals surface area (Å²) < 4.78 is 29.6. The van der Waals surface area contributed by atoms with Gasteiger partial charge in [0.05, 0.1) is 17.8 Å². The third-order valence-corrected chi connectivity index (χ3v) is 10.0. The number of carbonyl (C=O) groups is 3. The van der Waals surface area contributed by atoms with Gasteiger partial charge in [0.15, 0.2) is 0 Å². The molecule has 2 aliphatic rings. The lowest BCUT2D eigenvalue weighted by Gasteiger charge is -2.29. The van der Waals surface area contributed by atoms with E-state index in [1.165, 1.54) is 22.5 Å². The molecular weight excluding hydrogens is 616 g/mol. The van der Waals surface area contributed by atoms with Crippen molar-refractivity contribution in [3.63, 3.8) is 0 Å². The average Bonchev–Trinajstić information content (AvgIpc) is 3.91. The van der Waals surface area contributed by atoms with Crippen LogP contribution in [0.25, 0.3) is 0 Å². The van der Waals surface area contributed by atoms with Gasteiger partial charge in [-0.15, -0.1) is 0 Å². The minimum absolute atomic E-state index is 0.0916. The number of nitrogens with zero attached hydrogens (tertiary/aromatic N) is 1. The first kappa shape index (κ1) is 34.1. The Balaban J connectivity index is 1.38. The zero-order chi connectivity index (χ0) is 33.4. The van der Waals surface area contributed by atoms with Gasteiger partial charge >= 0.3 is 10.2 Å². The zero-order valence-corrected chi connectivity index (χ0v) is 27.7. The van der Waals surface area contributed by atoms with Crippen LogP contribution in [0.4, 0.5) is 5.69 Å². The van der Waals surface area contributed by atoms with Crippen LogP contribution in [-0.4, -0.2) is 64.4 Å². The van der Waals surface area contributed by atoms with Gasteiger partial charge in [0.25, 0.3) is 11.8 Å². The van der Waals surface area contributed by atoms with Gasteiger partial charge in [0, 0.05) is 43.3 Å². The Hall–Kier alpha value is -4.26. The molecule has 3 aromatic rings. The summed E-state index contributed by atoms with van der Waals surface area (Å²) in [6.45, 7) is 5.16. The molecule has 250 valence electrons. The Morgan fingerprint density at radius 1 is 0.894 bits per heavy atom. The second kappa shape index (κ2) is 15.6. The molecule has 0 bridgehead atoms. The average molecular weight is 661 g/mol. The maximum atomic E-state index is 13.9. The van der Waals surface area contributed by atoms with Crippen LogP contribution in [-0.2, 0) is 21.4 Å².